The zero-order chi connectivity index (χ0) is 21.9. The number of hydrogen-bond acceptors (Lipinski definition) is 7. The van der Waals surface area contributed by atoms with Gasteiger partial charge in [-0.15, -0.1) is 10.2 Å². The van der Waals surface area contributed by atoms with E-state index in [1.165, 1.54) is 11.5 Å². The van der Waals surface area contributed by atoms with Gasteiger partial charge in [0.25, 0.3) is 0 Å². The van der Waals surface area contributed by atoms with Gasteiger partial charge in [0.05, 0.1) is 11.6 Å². The average Bonchev–Trinajstić information content (AvgIpc) is 3.49. The minimum atomic E-state index is -0.0917. The molecule has 3 aromatic heterocycles. The molecule has 1 unspecified atom stereocenters. The fourth-order valence-corrected chi connectivity index (χ4v) is 4.61. The molecule has 162 valence electrons. The van der Waals surface area contributed by atoms with Crippen molar-refractivity contribution < 1.29 is 4.79 Å². The Hall–Kier alpha value is -3.59. The number of carbonyl (C=O) groups is 1. The summed E-state index contributed by atoms with van der Waals surface area (Å²) >= 11 is 1.31. The van der Waals surface area contributed by atoms with E-state index in [0.717, 1.165) is 47.3 Å². The van der Waals surface area contributed by atoms with Crippen LogP contribution in [0, 0.1) is 12.8 Å². The third kappa shape index (κ3) is 4.24. The van der Waals surface area contributed by atoms with Crippen LogP contribution in [0.2, 0.25) is 0 Å². The lowest BCUT2D eigenvalue weighted by Gasteiger charge is -2.32. The monoisotopic (exact) mass is 445 g/mol. The molecule has 0 bridgehead atoms. The third-order valence-electron chi connectivity index (χ3n) is 5.55. The molecule has 4 heterocycles. The molecule has 8 nitrogen and oxygen atoms in total. The molecule has 1 fully saturated rings. The number of benzene rings is 1. The van der Waals surface area contributed by atoms with Crippen molar-refractivity contribution in [3.8, 4) is 17.2 Å². The van der Waals surface area contributed by atoms with E-state index in [1.807, 2.05) is 66.2 Å². The third-order valence-corrected chi connectivity index (χ3v) is 6.34. The van der Waals surface area contributed by atoms with Crippen molar-refractivity contribution in [3.63, 3.8) is 0 Å². The van der Waals surface area contributed by atoms with Gasteiger partial charge in [-0.05, 0) is 49.5 Å². The molecule has 1 aliphatic rings. The van der Waals surface area contributed by atoms with Crippen molar-refractivity contribution in [2.75, 3.05) is 23.3 Å². The minimum Gasteiger partial charge on any atom is -0.354 e. The number of anilines is 2. The van der Waals surface area contributed by atoms with Gasteiger partial charge in [0.15, 0.2) is 11.6 Å². The van der Waals surface area contributed by atoms with Crippen LogP contribution in [0.25, 0.3) is 17.2 Å². The van der Waals surface area contributed by atoms with Crippen molar-refractivity contribution in [1.82, 2.24) is 24.1 Å². The highest BCUT2D eigenvalue weighted by Crippen LogP contribution is 2.25. The summed E-state index contributed by atoms with van der Waals surface area (Å²) in [5, 5.41) is 12.7. The van der Waals surface area contributed by atoms with Crippen molar-refractivity contribution in [3.05, 3.63) is 66.6 Å². The van der Waals surface area contributed by atoms with Gasteiger partial charge in [0.1, 0.15) is 10.8 Å². The largest absolute Gasteiger partial charge is 0.354 e. The standard InChI is InChI=1S/C23H23N7OS/c1-16-14-21(32-28-16)25-23(31)18-8-5-12-29(15-18)19-9-10-20(27-26-19)30-13-11-24-22(30)17-6-3-2-4-7-17/h2-4,6-7,9-11,13-14,18H,5,8,12,15H2,1H3,(H,25,31). The number of aromatic nitrogens is 5. The molecule has 1 saturated heterocycles. The molecule has 1 N–H and O–H groups in total. The maximum Gasteiger partial charge on any atom is 0.229 e. The molecule has 1 aromatic carbocycles. The van der Waals surface area contributed by atoms with Crippen LogP contribution < -0.4 is 10.2 Å². The van der Waals surface area contributed by atoms with Crippen LogP contribution in [0.5, 0.6) is 0 Å². The molecule has 1 amide bonds. The highest BCUT2D eigenvalue weighted by Gasteiger charge is 2.27. The van der Waals surface area contributed by atoms with Crippen molar-refractivity contribution >= 4 is 28.3 Å². The van der Waals surface area contributed by atoms with E-state index >= 15 is 0 Å². The summed E-state index contributed by atoms with van der Waals surface area (Å²) in [6.07, 6.45) is 5.44. The Kier molecular flexibility index (Phi) is 5.64. The van der Waals surface area contributed by atoms with E-state index in [9.17, 15) is 4.79 Å². The quantitative estimate of drug-likeness (QED) is 0.500. The number of rotatable bonds is 5. The van der Waals surface area contributed by atoms with Crippen molar-refractivity contribution in [2.24, 2.45) is 5.92 Å². The Bertz CT molecular complexity index is 1200. The first-order valence-electron chi connectivity index (χ1n) is 10.6. The fourth-order valence-electron chi connectivity index (χ4n) is 3.95. The van der Waals surface area contributed by atoms with Crippen LogP contribution in [0.4, 0.5) is 10.8 Å². The van der Waals surface area contributed by atoms with Gasteiger partial charge < -0.3 is 10.2 Å². The number of aryl methyl sites for hydroxylation is 1. The van der Waals surface area contributed by atoms with E-state index in [2.05, 4.69) is 29.8 Å². The smallest absolute Gasteiger partial charge is 0.229 e. The summed E-state index contributed by atoms with van der Waals surface area (Å²) in [5.41, 5.74) is 1.93. The molecule has 0 saturated carbocycles. The summed E-state index contributed by atoms with van der Waals surface area (Å²) in [4.78, 5) is 19.3. The normalized spacial score (nSPS) is 16.2. The number of hydrogen-bond donors (Lipinski definition) is 1. The van der Waals surface area contributed by atoms with E-state index in [1.54, 1.807) is 6.20 Å². The second-order valence-corrected chi connectivity index (χ2v) is 8.65. The zero-order valence-corrected chi connectivity index (χ0v) is 18.5. The summed E-state index contributed by atoms with van der Waals surface area (Å²) in [7, 11) is 0. The van der Waals surface area contributed by atoms with E-state index < -0.39 is 0 Å². The summed E-state index contributed by atoms with van der Waals surface area (Å²) in [6, 6.07) is 15.8. The number of piperidine rings is 1. The van der Waals surface area contributed by atoms with Crippen LogP contribution in [0.1, 0.15) is 18.5 Å². The molecular weight excluding hydrogens is 422 g/mol. The Balaban J connectivity index is 1.29. The second-order valence-electron chi connectivity index (χ2n) is 7.84. The maximum atomic E-state index is 12.7. The van der Waals surface area contributed by atoms with Gasteiger partial charge in [0.2, 0.25) is 5.91 Å². The first-order chi connectivity index (χ1) is 15.7. The molecule has 9 heteroatoms. The van der Waals surface area contributed by atoms with Gasteiger partial charge in [-0.1, -0.05) is 30.3 Å². The molecule has 1 aliphatic heterocycles. The highest BCUT2D eigenvalue weighted by molar-refractivity contribution is 7.10. The van der Waals surface area contributed by atoms with E-state index in [-0.39, 0.29) is 11.8 Å². The van der Waals surface area contributed by atoms with Gasteiger partial charge in [-0.25, -0.2) is 4.98 Å². The Labute approximate surface area is 190 Å². The van der Waals surface area contributed by atoms with Crippen LogP contribution in [0.15, 0.2) is 60.9 Å². The van der Waals surface area contributed by atoms with Gasteiger partial charge in [-0.3, -0.25) is 9.36 Å². The molecule has 5 rings (SSSR count). The van der Waals surface area contributed by atoms with Crippen LogP contribution in [-0.2, 0) is 4.79 Å². The van der Waals surface area contributed by atoms with E-state index in [4.69, 9.17) is 0 Å². The number of nitrogens with zero attached hydrogens (tertiary/aromatic N) is 6. The molecular formula is C23H23N7OS. The van der Waals surface area contributed by atoms with E-state index in [0.29, 0.717) is 12.4 Å². The average molecular weight is 446 g/mol. The minimum absolute atomic E-state index is 0.0360. The Morgan fingerprint density at radius 1 is 1.12 bits per heavy atom. The highest BCUT2D eigenvalue weighted by atomic mass is 32.1. The summed E-state index contributed by atoms with van der Waals surface area (Å²) in [6.45, 7) is 3.40. The molecule has 0 aliphatic carbocycles. The maximum absolute atomic E-state index is 12.7. The topological polar surface area (TPSA) is 88.8 Å². The predicted octanol–water partition coefficient (Wildman–Crippen LogP) is 3.95. The summed E-state index contributed by atoms with van der Waals surface area (Å²) in [5.74, 6) is 2.25. The van der Waals surface area contributed by atoms with Crippen LogP contribution in [-0.4, -0.2) is 43.1 Å². The molecule has 0 radical (unpaired) electrons. The molecule has 32 heavy (non-hydrogen) atoms. The van der Waals surface area contributed by atoms with Crippen LogP contribution >= 0.6 is 11.5 Å². The van der Waals surface area contributed by atoms with Gasteiger partial charge in [0, 0.05) is 31.0 Å². The SMILES string of the molecule is Cc1cc(NC(=O)C2CCCN(c3ccc(-n4ccnc4-c4ccccc4)nn3)C2)sn1. The number of imidazole rings is 1. The molecule has 4 aromatic rings. The van der Waals surface area contributed by atoms with Crippen molar-refractivity contribution in [2.45, 2.75) is 19.8 Å². The Morgan fingerprint density at radius 3 is 2.69 bits per heavy atom. The molecule has 0 spiro atoms. The van der Waals surface area contributed by atoms with Gasteiger partial charge >= 0.3 is 0 Å². The lowest BCUT2D eigenvalue weighted by Crippen LogP contribution is -2.41. The van der Waals surface area contributed by atoms with Crippen LogP contribution in [0.3, 0.4) is 0 Å². The Morgan fingerprint density at radius 2 is 1.94 bits per heavy atom. The first-order valence-corrected chi connectivity index (χ1v) is 11.4. The summed E-state index contributed by atoms with van der Waals surface area (Å²) < 4.78 is 6.15. The lowest BCUT2D eigenvalue weighted by atomic mass is 9.97. The zero-order valence-electron chi connectivity index (χ0n) is 17.7. The van der Waals surface area contributed by atoms with Crippen molar-refractivity contribution in [1.29, 1.82) is 0 Å². The first kappa shape index (κ1) is 20.3. The number of nitrogens with one attached hydrogen (secondary N) is 1. The lowest BCUT2D eigenvalue weighted by molar-refractivity contribution is -0.120. The number of carbonyl (C=O) groups excluding carboxylic acids is 1. The second kappa shape index (κ2) is 8.88. The number of amides is 1. The molecule has 1 atom stereocenters. The fraction of sp³-hybridized carbons (Fsp3) is 0.261. The predicted molar refractivity (Wildman–Crippen MR) is 125 cm³/mol. The van der Waals surface area contributed by atoms with Gasteiger partial charge in [-0.2, -0.15) is 4.37 Å².